The van der Waals surface area contributed by atoms with Crippen molar-refractivity contribution in [2.45, 2.75) is 12.2 Å². The third kappa shape index (κ3) is 4.91. The van der Waals surface area contributed by atoms with Crippen LogP contribution in [0.4, 0.5) is 27.6 Å². The zero-order valence-corrected chi connectivity index (χ0v) is 22.0. The molecule has 8 nitrogen and oxygen atoms in total. The zero-order valence-electron chi connectivity index (χ0n) is 22.2. The Morgan fingerprint density at radius 3 is 2.60 bits per heavy atom. The minimum atomic E-state index is -4.94. The van der Waals surface area contributed by atoms with E-state index in [-0.39, 0.29) is 62.2 Å². The van der Waals surface area contributed by atoms with Crippen LogP contribution < -0.4 is 10.6 Å². The van der Waals surface area contributed by atoms with E-state index in [4.69, 9.17) is 13.0 Å². The quantitative estimate of drug-likeness (QED) is 0.232. The molecule has 2 N–H and O–H groups in total. The van der Waals surface area contributed by atoms with Gasteiger partial charge in [0.2, 0.25) is 0 Å². The average Bonchev–Trinajstić information content (AvgIpc) is 3.51. The van der Waals surface area contributed by atoms with Gasteiger partial charge in [-0.25, -0.2) is 18.3 Å². The summed E-state index contributed by atoms with van der Waals surface area (Å²) < 4.78 is 77.3. The van der Waals surface area contributed by atoms with E-state index in [2.05, 4.69) is 20.7 Å². The Morgan fingerprint density at radius 1 is 1.07 bits per heavy atom. The van der Waals surface area contributed by atoms with Gasteiger partial charge in [-0.05, 0) is 66.2 Å². The molecule has 2 amide bonds. The Kier molecular flexibility index (Phi) is 6.28. The number of benzene rings is 3. The number of anilines is 1. The lowest BCUT2D eigenvalue weighted by Gasteiger charge is -2.19. The number of nitrogens with one attached hydrogen (secondary N) is 2. The molecule has 6 rings (SSSR count). The number of carbonyl (C=O) groups excluding carboxylic acids is 2. The predicted octanol–water partition coefficient (Wildman–Crippen LogP) is 6.30. The lowest BCUT2D eigenvalue weighted by atomic mass is 9.92. The number of nitrogens with zero attached hydrogens (tertiary/aromatic N) is 4. The standard InChI is InChI=1S/C29H14ClF5N6O2/c30-21-3-1-16(31)10-19(21)26-25-20(28(43)40-26)7-13(18-2-4-24-37-12-38-41(24)23(18)11-36)8-22(25)39-27(42)14-5-15(29(33,34)35)9-17(32)6-14/h1-10,12,26H,(H,39,42)(H,40,43)/t26-/m0/s1/i12D. The van der Waals surface area contributed by atoms with E-state index in [0.717, 1.165) is 16.6 Å². The number of alkyl halides is 3. The smallest absolute Gasteiger partial charge is 0.341 e. The summed E-state index contributed by atoms with van der Waals surface area (Å²) >= 11 is 6.33. The highest BCUT2D eigenvalue weighted by molar-refractivity contribution is 6.31. The van der Waals surface area contributed by atoms with Crippen molar-refractivity contribution >= 4 is 34.7 Å². The van der Waals surface area contributed by atoms with Crippen LogP contribution in [0.5, 0.6) is 0 Å². The van der Waals surface area contributed by atoms with Crippen LogP contribution in [0.1, 0.15) is 50.5 Å². The second kappa shape index (κ2) is 10.2. The summed E-state index contributed by atoms with van der Waals surface area (Å²) in [5.41, 5.74) is -1.48. The molecule has 0 fully saturated rings. The van der Waals surface area contributed by atoms with Crippen LogP contribution in [0.2, 0.25) is 5.02 Å². The van der Waals surface area contributed by atoms with Crippen molar-refractivity contribution in [2.24, 2.45) is 0 Å². The summed E-state index contributed by atoms with van der Waals surface area (Å²) in [6.45, 7) is 0. The molecule has 0 bridgehead atoms. The number of aromatic nitrogens is 3. The lowest BCUT2D eigenvalue weighted by Crippen LogP contribution is -2.21. The van der Waals surface area contributed by atoms with Crippen LogP contribution in [0.3, 0.4) is 0 Å². The summed E-state index contributed by atoms with van der Waals surface area (Å²) in [6.07, 6.45) is -5.30. The molecule has 0 spiro atoms. The van der Waals surface area contributed by atoms with E-state index in [9.17, 15) is 36.8 Å². The molecule has 43 heavy (non-hydrogen) atoms. The summed E-state index contributed by atoms with van der Waals surface area (Å²) in [5.74, 6) is -3.80. The molecule has 1 atom stereocenters. The average molecular weight is 610 g/mol. The van der Waals surface area contributed by atoms with Crippen molar-refractivity contribution in [3.63, 3.8) is 0 Å². The van der Waals surface area contributed by atoms with Gasteiger partial charge < -0.3 is 10.6 Å². The van der Waals surface area contributed by atoms with Gasteiger partial charge in [-0.15, -0.1) is 0 Å². The molecule has 0 aliphatic carbocycles. The van der Waals surface area contributed by atoms with Crippen LogP contribution in [-0.4, -0.2) is 26.4 Å². The number of pyridine rings is 1. The molecule has 5 aromatic rings. The number of halogens is 6. The van der Waals surface area contributed by atoms with Gasteiger partial charge in [0, 0.05) is 38.5 Å². The monoisotopic (exact) mass is 609 g/mol. The third-order valence-corrected chi connectivity index (χ3v) is 7.15. The topological polar surface area (TPSA) is 112 Å². The van der Waals surface area contributed by atoms with Crippen LogP contribution in [0.15, 0.2) is 67.0 Å². The number of hydrogen-bond acceptors (Lipinski definition) is 5. The molecule has 0 saturated carbocycles. The Labute approximate surface area is 244 Å². The first-order chi connectivity index (χ1) is 20.8. The molecule has 3 heterocycles. The van der Waals surface area contributed by atoms with Crippen LogP contribution in [0.25, 0.3) is 16.8 Å². The van der Waals surface area contributed by atoms with Crippen molar-refractivity contribution < 1.29 is 32.9 Å². The van der Waals surface area contributed by atoms with E-state index < -0.39 is 46.8 Å². The van der Waals surface area contributed by atoms with E-state index in [1.807, 2.05) is 6.07 Å². The molecule has 0 saturated heterocycles. The maximum absolute atomic E-state index is 14.3. The molecule has 14 heteroatoms. The summed E-state index contributed by atoms with van der Waals surface area (Å²) in [4.78, 5) is 30.5. The number of amides is 2. The van der Waals surface area contributed by atoms with E-state index in [0.29, 0.717) is 12.1 Å². The highest BCUT2D eigenvalue weighted by Crippen LogP contribution is 2.42. The van der Waals surface area contributed by atoms with Crippen molar-refractivity contribution in [3.05, 3.63) is 117 Å². The van der Waals surface area contributed by atoms with Crippen LogP contribution in [-0.2, 0) is 6.18 Å². The van der Waals surface area contributed by atoms with E-state index in [1.54, 1.807) is 0 Å². The molecule has 3 aromatic carbocycles. The van der Waals surface area contributed by atoms with Crippen molar-refractivity contribution in [1.82, 2.24) is 19.9 Å². The molecule has 214 valence electrons. The second-order valence-corrected chi connectivity index (χ2v) is 9.83. The molecule has 1 aliphatic rings. The van der Waals surface area contributed by atoms with Gasteiger partial charge in [-0.2, -0.15) is 23.5 Å². The molecular weight excluding hydrogens is 595 g/mol. The Hall–Kier alpha value is -5.35. The van der Waals surface area contributed by atoms with Crippen molar-refractivity contribution in [3.8, 4) is 17.2 Å². The Balaban J connectivity index is 1.56. The first-order valence-electron chi connectivity index (χ1n) is 12.7. The SMILES string of the molecule is [2H]c1nc2ccc(-c3cc(NC(=O)c4cc(F)cc(C(F)(F)F)c4)c4c(c3)C(=O)N[C@H]4c3cc(F)ccc3Cl)c(C#N)n2n1. The van der Waals surface area contributed by atoms with Gasteiger partial charge in [-0.3, -0.25) is 9.59 Å². The van der Waals surface area contributed by atoms with Crippen LogP contribution >= 0.6 is 11.6 Å². The molecule has 0 unspecified atom stereocenters. The number of fused-ring (bicyclic) bond motifs is 2. The number of carbonyl (C=O) groups is 2. The van der Waals surface area contributed by atoms with Crippen LogP contribution in [0, 0.1) is 23.0 Å². The van der Waals surface area contributed by atoms with Gasteiger partial charge in [0.05, 0.1) is 11.6 Å². The normalized spacial score (nSPS) is 14.7. The maximum atomic E-state index is 14.3. The third-order valence-electron chi connectivity index (χ3n) is 6.80. The maximum Gasteiger partial charge on any atom is 0.416 e. The molecular formula is C29H14ClF5N6O2. The number of nitriles is 1. The van der Waals surface area contributed by atoms with E-state index >= 15 is 0 Å². The minimum Gasteiger partial charge on any atom is -0.341 e. The predicted molar refractivity (Wildman–Crippen MR) is 143 cm³/mol. The highest BCUT2D eigenvalue weighted by atomic mass is 35.5. The lowest BCUT2D eigenvalue weighted by molar-refractivity contribution is -0.137. The van der Waals surface area contributed by atoms with Gasteiger partial charge in [0.15, 0.2) is 11.3 Å². The van der Waals surface area contributed by atoms with Gasteiger partial charge in [-0.1, -0.05) is 11.6 Å². The molecule has 2 aromatic heterocycles. The summed E-state index contributed by atoms with van der Waals surface area (Å²) in [6, 6.07) is 11.3. The van der Waals surface area contributed by atoms with Gasteiger partial charge >= 0.3 is 6.18 Å². The number of rotatable bonds is 4. The fourth-order valence-electron chi connectivity index (χ4n) is 4.92. The summed E-state index contributed by atoms with van der Waals surface area (Å²) in [5, 5.41) is 19.0. The fourth-order valence-corrected chi connectivity index (χ4v) is 5.15. The first kappa shape index (κ1) is 26.5. The first-order valence-corrected chi connectivity index (χ1v) is 12.6. The number of hydrogen-bond donors (Lipinski definition) is 2. The van der Waals surface area contributed by atoms with Crippen molar-refractivity contribution in [2.75, 3.05) is 5.32 Å². The second-order valence-electron chi connectivity index (χ2n) is 9.43. The fraction of sp³-hybridized carbons (Fsp3) is 0.0690. The Morgan fingerprint density at radius 2 is 1.86 bits per heavy atom. The van der Waals surface area contributed by atoms with Crippen molar-refractivity contribution in [1.29, 1.82) is 5.26 Å². The minimum absolute atomic E-state index is 0.0258. The molecule has 0 radical (unpaired) electrons. The Bertz CT molecular complexity index is 2090. The van der Waals surface area contributed by atoms with Gasteiger partial charge in [0.25, 0.3) is 11.8 Å². The molecule has 1 aliphatic heterocycles. The van der Waals surface area contributed by atoms with Gasteiger partial charge in [0.1, 0.15) is 25.4 Å². The largest absolute Gasteiger partial charge is 0.416 e. The van der Waals surface area contributed by atoms with E-state index in [1.165, 1.54) is 30.3 Å². The zero-order chi connectivity index (χ0) is 31.5. The summed E-state index contributed by atoms with van der Waals surface area (Å²) in [7, 11) is 0. The highest BCUT2D eigenvalue weighted by Gasteiger charge is 2.36.